The maximum atomic E-state index is 10.8. The summed E-state index contributed by atoms with van der Waals surface area (Å²) in [5.41, 5.74) is 0. The van der Waals surface area contributed by atoms with E-state index in [4.69, 9.17) is 15.3 Å². The van der Waals surface area contributed by atoms with Crippen molar-refractivity contribution < 1.29 is 24.9 Å². The number of rotatable bonds is 2. The molecule has 0 aromatic heterocycles. The molecule has 15 heavy (non-hydrogen) atoms. The van der Waals surface area contributed by atoms with Gasteiger partial charge in [-0.1, -0.05) is 0 Å². The zero-order chi connectivity index (χ0) is 11.6. The van der Waals surface area contributed by atoms with E-state index in [2.05, 4.69) is 5.32 Å². The summed E-state index contributed by atoms with van der Waals surface area (Å²) >= 11 is 0. The van der Waals surface area contributed by atoms with E-state index in [1.54, 1.807) is 0 Å². The van der Waals surface area contributed by atoms with Gasteiger partial charge in [0, 0.05) is 6.92 Å². The number of amides is 1. The second kappa shape index (κ2) is 4.56. The fourth-order valence-electron chi connectivity index (χ4n) is 1.39. The minimum Gasteiger partial charge on any atom is -0.471 e. The van der Waals surface area contributed by atoms with Crippen molar-refractivity contribution in [3.8, 4) is 0 Å². The van der Waals surface area contributed by atoms with E-state index in [0.29, 0.717) is 0 Å². The molecule has 5 N–H and O–H groups in total. The molecule has 0 unspecified atom stereocenters. The first kappa shape index (κ1) is 11.9. The predicted molar refractivity (Wildman–Crippen MR) is 49.3 cm³/mol. The molecule has 0 saturated carbocycles. The molecule has 0 aromatic carbocycles. The van der Waals surface area contributed by atoms with Crippen LogP contribution in [0.5, 0.6) is 0 Å². The van der Waals surface area contributed by atoms with Crippen LogP contribution >= 0.6 is 0 Å². The highest BCUT2D eigenvalue weighted by Gasteiger charge is 2.42. The van der Waals surface area contributed by atoms with E-state index in [1.807, 2.05) is 0 Å². The third-order valence-electron chi connectivity index (χ3n) is 2.17. The average Bonchev–Trinajstić information content (AvgIpc) is 2.18. The number of hydrogen-bond acceptors (Lipinski definition) is 6. The normalized spacial score (nSPS) is 35.9. The minimum atomic E-state index is -1.35. The molecule has 7 nitrogen and oxygen atoms in total. The number of carbonyl (C=O) groups excluding carboxylic acids is 1. The van der Waals surface area contributed by atoms with Crippen LogP contribution in [-0.4, -0.2) is 58.1 Å². The fraction of sp³-hybridized carbons (Fsp3) is 0.750. The van der Waals surface area contributed by atoms with E-state index in [0.717, 1.165) is 0 Å². The van der Waals surface area contributed by atoms with Gasteiger partial charge in [0.2, 0.25) is 11.8 Å². The summed E-state index contributed by atoms with van der Waals surface area (Å²) < 4.78 is 4.84. The SMILES string of the molecule is CC(=O)N[C@H]1C(=N)O[C@H](CO)[C@@H](O)[C@@H]1O. The van der Waals surface area contributed by atoms with E-state index in [9.17, 15) is 15.0 Å². The van der Waals surface area contributed by atoms with Crippen molar-refractivity contribution in [2.75, 3.05) is 6.61 Å². The van der Waals surface area contributed by atoms with Crippen molar-refractivity contribution in [2.24, 2.45) is 0 Å². The molecule has 0 bridgehead atoms. The molecule has 0 radical (unpaired) electrons. The molecule has 0 aromatic rings. The average molecular weight is 218 g/mol. The van der Waals surface area contributed by atoms with E-state index >= 15 is 0 Å². The van der Waals surface area contributed by atoms with E-state index in [1.165, 1.54) is 6.92 Å². The molecule has 1 saturated heterocycles. The summed E-state index contributed by atoms with van der Waals surface area (Å²) in [5, 5.41) is 37.5. The van der Waals surface area contributed by atoms with Crippen LogP contribution in [0.2, 0.25) is 0 Å². The van der Waals surface area contributed by atoms with Gasteiger partial charge in [-0.25, -0.2) is 0 Å². The van der Waals surface area contributed by atoms with Gasteiger partial charge < -0.3 is 25.4 Å². The van der Waals surface area contributed by atoms with Gasteiger partial charge in [-0.05, 0) is 0 Å². The van der Waals surface area contributed by atoms with Gasteiger partial charge in [0.05, 0.1) is 6.61 Å². The largest absolute Gasteiger partial charge is 0.471 e. The molecule has 1 heterocycles. The molecule has 0 spiro atoms. The first-order valence-corrected chi connectivity index (χ1v) is 4.46. The molecular weight excluding hydrogens is 204 g/mol. The molecular formula is C8H14N2O5. The lowest BCUT2D eigenvalue weighted by molar-refractivity contribution is -0.125. The number of ether oxygens (including phenoxy) is 1. The Labute approximate surface area is 86.2 Å². The van der Waals surface area contributed by atoms with Crippen molar-refractivity contribution in [3.05, 3.63) is 0 Å². The summed E-state index contributed by atoms with van der Waals surface area (Å²) in [6.45, 7) is 0.720. The van der Waals surface area contributed by atoms with Gasteiger partial charge in [0.15, 0.2) is 6.10 Å². The summed E-state index contributed by atoms with van der Waals surface area (Å²) in [5.74, 6) is -0.816. The second-order valence-corrected chi connectivity index (χ2v) is 3.36. The maximum absolute atomic E-state index is 10.8. The summed E-state index contributed by atoms with van der Waals surface area (Å²) in [6, 6.07) is -1.07. The molecule has 0 aliphatic carbocycles. The maximum Gasteiger partial charge on any atom is 0.217 e. The highest BCUT2D eigenvalue weighted by atomic mass is 16.5. The van der Waals surface area contributed by atoms with Crippen LogP contribution in [-0.2, 0) is 9.53 Å². The first-order valence-electron chi connectivity index (χ1n) is 4.46. The van der Waals surface area contributed by atoms with Crippen molar-refractivity contribution in [3.63, 3.8) is 0 Å². The minimum absolute atomic E-state index is 0.373. The van der Waals surface area contributed by atoms with Crippen molar-refractivity contribution in [2.45, 2.75) is 31.3 Å². The molecule has 1 aliphatic heterocycles. The third-order valence-corrected chi connectivity index (χ3v) is 2.17. The number of hydrogen-bond donors (Lipinski definition) is 5. The van der Waals surface area contributed by atoms with Crippen LogP contribution in [0.3, 0.4) is 0 Å². The first-order chi connectivity index (χ1) is 6.97. The van der Waals surface area contributed by atoms with Gasteiger partial charge in [0.1, 0.15) is 18.2 Å². The van der Waals surface area contributed by atoms with Gasteiger partial charge in [-0.2, -0.15) is 0 Å². The van der Waals surface area contributed by atoms with Gasteiger partial charge in [-0.3, -0.25) is 10.2 Å². The zero-order valence-corrected chi connectivity index (χ0v) is 8.17. The Hall–Kier alpha value is -1.18. The molecule has 86 valence electrons. The third kappa shape index (κ3) is 2.44. The Balaban J connectivity index is 2.74. The van der Waals surface area contributed by atoms with Crippen LogP contribution in [0.25, 0.3) is 0 Å². The zero-order valence-electron chi connectivity index (χ0n) is 8.17. The second-order valence-electron chi connectivity index (χ2n) is 3.36. The topological polar surface area (TPSA) is 123 Å². The predicted octanol–water partition coefficient (Wildman–Crippen LogP) is -2.42. The molecule has 1 amide bonds. The highest BCUT2D eigenvalue weighted by Crippen LogP contribution is 2.16. The Morgan fingerprint density at radius 3 is 2.60 bits per heavy atom. The number of carbonyl (C=O) groups is 1. The Kier molecular flexibility index (Phi) is 3.61. The van der Waals surface area contributed by atoms with E-state index < -0.39 is 36.9 Å². The fourth-order valence-corrected chi connectivity index (χ4v) is 1.39. The number of aliphatic hydroxyl groups excluding tert-OH is 3. The Morgan fingerprint density at radius 1 is 1.53 bits per heavy atom. The molecule has 1 rings (SSSR count). The monoisotopic (exact) mass is 218 g/mol. The summed E-state index contributed by atoms with van der Waals surface area (Å²) in [7, 11) is 0. The van der Waals surface area contributed by atoms with Gasteiger partial charge in [0.25, 0.3) is 0 Å². The molecule has 1 fully saturated rings. The van der Waals surface area contributed by atoms with Gasteiger partial charge >= 0.3 is 0 Å². The van der Waals surface area contributed by atoms with Crippen LogP contribution in [0, 0.1) is 5.41 Å². The molecule has 4 atom stereocenters. The summed E-state index contributed by atoms with van der Waals surface area (Å²) in [4.78, 5) is 10.8. The summed E-state index contributed by atoms with van der Waals surface area (Å²) in [6.07, 6.45) is -3.72. The lowest BCUT2D eigenvalue weighted by Gasteiger charge is -2.37. The Bertz CT molecular complexity index is 270. The molecule has 7 heteroatoms. The van der Waals surface area contributed by atoms with Crippen LogP contribution in [0.15, 0.2) is 0 Å². The van der Waals surface area contributed by atoms with Crippen LogP contribution in [0.4, 0.5) is 0 Å². The van der Waals surface area contributed by atoms with Crippen molar-refractivity contribution in [1.29, 1.82) is 5.41 Å². The molecule has 1 aliphatic rings. The van der Waals surface area contributed by atoms with E-state index in [-0.39, 0.29) is 5.90 Å². The van der Waals surface area contributed by atoms with Gasteiger partial charge in [-0.15, -0.1) is 0 Å². The highest BCUT2D eigenvalue weighted by molar-refractivity contribution is 5.86. The van der Waals surface area contributed by atoms with Crippen molar-refractivity contribution >= 4 is 11.8 Å². The number of nitrogens with one attached hydrogen (secondary N) is 2. The number of aliphatic hydroxyl groups is 3. The Morgan fingerprint density at radius 2 is 2.13 bits per heavy atom. The standard InChI is InChI=1S/C8H14N2O5/c1-3(12)10-5-7(14)6(13)4(2-11)15-8(5)9/h4-7,9,11,13-14H,2H2,1H3,(H,10,12)/t4-,5-,6-,7-/m1/s1. The quantitative estimate of drug-likeness (QED) is 0.353. The van der Waals surface area contributed by atoms with Crippen LogP contribution in [0.1, 0.15) is 6.92 Å². The van der Waals surface area contributed by atoms with Crippen LogP contribution < -0.4 is 5.32 Å². The smallest absolute Gasteiger partial charge is 0.217 e. The lowest BCUT2D eigenvalue weighted by Crippen LogP contribution is -2.62. The van der Waals surface area contributed by atoms with Crippen molar-refractivity contribution in [1.82, 2.24) is 5.32 Å². The lowest BCUT2D eigenvalue weighted by atomic mass is 9.97.